The molecule has 1 heterocycles. The van der Waals surface area contributed by atoms with E-state index in [2.05, 4.69) is 37.9 Å². The molecule has 0 spiro atoms. The summed E-state index contributed by atoms with van der Waals surface area (Å²) in [4.78, 5) is 55.8. The summed E-state index contributed by atoms with van der Waals surface area (Å²) in [5, 5.41) is 0.403. The van der Waals surface area contributed by atoms with Gasteiger partial charge in [0.25, 0.3) is 0 Å². The highest BCUT2D eigenvalue weighted by molar-refractivity contribution is 7.81. The first-order valence-corrected chi connectivity index (χ1v) is 12.9. The minimum absolute atomic E-state index is 0.134. The van der Waals surface area contributed by atoms with Crippen molar-refractivity contribution < 1.29 is 14.5 Å². The molecule has 6 atom stereocenters. The predicted octanol–water partition coefficient (Wildman–Crippen LogP) is 1.92. The first-order valence-electron chi connectivity index (χ1n) is 11.4. The molecular weight excluding hydrogens is 486 g/mol. The van der Waals surface area contributed by atoms with Crippen molar-refractivity contribution in [1.82, 2.24) is 14.2 Å². The van der Waals surface area contributed by atoms with Crippen LogP contribution in [0.25, 0.3) is 0 Å². The van der Waals surface area contributed by atoms with Crippen molar-refractivity contribution >= 4 is 37.9 Å². The Balaban J connectivity index is 3.34. The fraction of sp³-hybridized carbons (Fsp3) is 0.857. The van der Waals surface area contributed by atoms with Gasteiger partial charge in [0.2, 0.25) is 0 Å². The average Bonchev–Trinajstić information content (AvgIpc) is 2.72. The molecule has 12 heteroatoms. The zero-order valence-corrected chi connectivity index (χ0v) is 23.0. The van der Waals surface area contributed by atoms with Gasteiger partial charge in [-0.25, -0.2) is 14.4 Å². The molecular formula is C21H39N3O6S3. The highest BCUT2D eigenvalue weighted by Gasteiger charge is 2.23. The molecule has 192 valence electrons. The number of nitrogens with zero attached hydrogens (tertiary/aromatic N) is 3. The topological polar surface area (TPSA) is 93.7 Å². The van der Waals surface area contributed by atoms with Crippen LogP contribution in [0.1, 0.15) is 80.1 Å². The van der Waals surface area contributed by atoms with Crippen LogP contribution in [0.5, 0.6) is 0 Å². The number of hydrogen-bond donors (Lipinski definition) is 3. The van der Waals surface area contributed by atoms with Crippen molar-refractivity contribution in [2.75, 3.05) is 0 Å². The third kappa shape index (κ3) is 10.3. The van der Waals surface area contributed by atoms with Gasteiger partial charge in [0.15, 0.2) is 0 Å². The van der Waals surface area contributed by atoms with Crippen LogP contribution in [0.4, 0.5) is 0 Å². The Morgan fingerprint density at radius 1 is 0.515 bits per heavy atom. The van der Waals surface area contributed by atoms with Gasteiger partial charge < -0.3 is 14.5 Å². The molecule has 1 rings (SSSR count). The molecule has 1 aromatic heterocycles. The van der Waals surface area contributed by atoms with Gasteiger partial charge in [0.1, 0.15) is 18.3 Å². The SMILES string of the molecule is CC(S)CCC(C)On1c(=O)n(OC(C)CCC(C)S)c(=O)n(OC(C)CCC(C)S)c1=O. The summed E-state index contributed by atoms with van der Waals surface area (Å²) in [6, 6.07) is 0. The summed E-state index contributed by atoms with van der Waals surface area (Å²) in [6.07, 6.45) is 2.41. The number of thiol groups is 3. The van der Waals surface area contributed by atoms with Crippen LogP contribution in [0.3, 0.4) is 0 Å². The fourth-order valence-corrected chi connectivity index (χ4v) is 3.34. The van der Waals surface area contributed by atoms with Crippen LogP contribution in [-0.2, 0) is 0 Å². The zero-order valence-electron chi connectivity index (χ0n) is 20.3. The predicted molar refractivity (Wildman–Crippen MR) is 140 cm³/mol. The van der Waals surface area contributed by atoms with E-state index in [1.807, 2.05) is 20.8 Å². The zero-order chi connectivity index (χ0) is 25.3. The van der Waals surface area contributed by atoms with Gasteiger partial charge in [-0.3, -0.25) is 0 Å². The molecule has 0 aliphatic heterocycles. The molecule has 0 aliphatic rings. The van der Waals surface area contributed by atoms with Crippen molar-refractivity contribution in [3.63, 3.8) is 0 Å². The summed E-state index contributed by atoms with van der Waals surface area (Å²) in [5.41, 5.74) is -3.05. The Kier molecular flexibility index (Phi) is 13.0. The molecule has 1 aromatic rings. The largest absolute Gasteiger partial charge is 0.403 e. The van der Waals surface area contributed by atoms with Crippen molar-refractivity contribution in [2.24, 2.45) is 0 Å². The molecule has 6 unspecified atom stereocenters. The van der Waals surface area contributed by atoms with E-state index in [1.54, 1.807) is 20.8 Å². The van der Waals surface area contributed by atoms with Gasteiger partial charge in [-0.05, 0) is 75.0 Å². The molecule has 0 amide bonds. The van der Waals surface area contributed by atoms with Crippen LogP contribution < -0.4 is 31.6 Å². The quantitative estimate of drug-likeness (QED) is 0.303. The van der Waals surface area contributed by atoms with Crippen LogP contribution in [0, 0.1) is 0 Å². The Morgan fingerprint density at radius 3 is 0.909 bits per heavy atom. The third-order valence-corrected chi connectivity index (χ3v) is 5.65. The lowest BCUT2D eigenvalue weighted by Crippen LogP contribution is -2.61. The lowest BCUT2D eigenvalue weighted by molar-refractivity contribution is -0.0589. The van der Waals surface area contributed by atoms with Crippen LogP contribution in [0.2, 0.25) is 0 Å². The molecule has 33 heavy (non-hydrogen) atoms. The molecule has 0 N–H and O–H groups in total. The summed E-state index contributed by atoms with van der Waals surface area (Å²) < 4.78 is 1.57. The maximum Gasteiger partial charge on any atom is 0.403 e. The second-order valence-electron chi connectivity index (χ2n) is 8.76. The van der Waals surface area contributed by atoms with E-state index < -0.39 is 35.4 Å². The first kappa shape index (κ1) is 29.9. The minimum atomic E-state index is -1.02. The molecule has 0 saturated carbocycles. The molecule has 0 radical (unpaired) electrons. The Labute approximate surface area is 211 Å². The standard InChI is InChI=1S/C21H39N3O6S3/c1-13(7-10-16(4)31)28-22-19(25)23(29-14(2)8-11-17(5)32)21(27)24(20(22)26)30-15(3)9-12-18(6)33/h13-18,31-33H,7-12H2,1-6H3. The molecule has 0 fully saturated rings. The normalized spacial score (nSPS) is 17.0. The molecule has 0 aliphatic carbocycles. The van der Waals surface area contributed by atoms with Crippen LogP contribution >= 0.6 is 37.9 Å². The van der Waals surface area contributed by atoms with Crippen molar-refractivity contribution in [2.45, 2.75) is 114 Å². The summed E-state index contributed by atoms with van der Waals surface area (Å²) in [5.74, 6) is 0. The van der Waals surface area contributed by atoms with Crippen molar-refractivity contribution in [3.05, 3.63) is 31.5 Å². The van der Waals surface area contributed by atoms with E-state index in [0.29, 0.717) is 33.5 Å². The third-order valence-electron chi connectivity index (χ3n) is 4.87. The van der Waals surface area contributed by atoms with E-state index in [-0.39, 0.29) is 15.7 Å². The highest BCUT2D eigenvalue weighted by atomic mass is 32.1. The number of hydrogen-bond acceptors (Lipinski definition) is 9. The monoisotopic (exact) mass is 525 g/mol. The van der Waals surface area contributed by atoms with Gasteiger partial charge in [-0.15, -0.1) is 0 Å². The van der Waals surface area contributed by atoms with Gasteiger partial charge in [-0.2, -0.15) is 37.9 Å². The van der Waals surface area contributed by atoms with E-state index in [0.717, 1.165) is 19.3 Å². The average molecular weight is 526 g/mol. The van der Waals surface area contributed by atoms with E-state index in [9.17, 15) is 14.4 Å². The Hall–Kier alpha value is -1.14. The summed E-state index contributed by atoms with van der Waals surface area (Å²) in [7, 11) is 0. The van der Waals surface area contributed by atoms with Crippen molar-refractivity contribution in [3.8, 4) is 0 Å². The lowest BCUT2D eigenvalue weighted by Gasteiger charge is -2.21. The minimum Gasteiger partial charge on any atom is -0.402 e. The molecule has 9 nitrogen and oxygen atoms in total. The highest BCUT2D eigenvalue weighted by Crippen LogP contribution is 2.08. The maximum atomic E-state index is 13.0. The second kappa shape index (κ2) is 14.3. The van der Waals surface area contributed by atoms with E-state index >= 15 is 0 Å². The lowest BCUT2D eigenvalue weighted by atomic mass is 10.2. The van der Waals surface area contributed by atoms with E-state index in [1.165, 1.54) is 0 Å². The number of rotatable bonds is 15. The molecule has 0 aromatic carbocycles. The Morgan fingerprint density at radius 2 is 0.727 bits per heavy atom. The fourth-order valence-electron chi connectivity index (χ4n) is 2.89. The van der Waals surface area contributed by atoms with Gasteiger partial charge >= 0.3 is 17.1 Å². The first-order chi connectivity index (χ1) is 15.3. The van der Waals surface area contributed by atoms with Gasteiger partial charge in [-0.1, -0.05) is 35.0 Å². The maximum absolute atomic E-state index is 13.0. The van der Waals surface area contributed by atoms with E-state index in [4.69, 9.17) is 14.5 Å². The summed E-state index contributed by atoms with van der Waals surface area (Å²) >= 11 is 13.0. The van der Waals surface area contributed by atoms with Crippen LogP contribution in [0.15, 0.2) is 14.4 Å². The second-order valence-corrected chi connectivity index (χ2v) is 11.4. The molecule has 0 saturated heterocycles. The van der Waals surface area contributed by atoms with Gasteiger partial charge in [0.05, 0.1) is 0 Å². The number of aromatic nitrogens is 3. The summed E-state index contributed by atoms with van der Waals surface area (Å²) in [6.45, 7) is 11.0. The van der Waals surface area contributed by atoms with Crippen LogP contribution in [-0.4, -0.2) is 48.3 Å². The molecule has 0 bridgehead atoms. The van der Waals surface area contributed by atoms with Gasteiger partial charge in [0, 0.05) is 0 Å². The van der Waals surface area contributed by atoms with Crippen molar-refractivity contribution in [1.29, 1.82) is 0 Å². The Bertz CT molecular complexity index is 752. The smallest absolute Gasteiger partial charge is 0.402 e.